The lowest BCUT2D eigenvalue weighted by molar-refractivity contribution is 0.0710. The molecule has 0 N–H and O–H groups in total. The molecule has 0 spiro atoms. The third-order valence-corrected chi connectivity index (χ3v) is 5.98. The number of rotatable bonds is 4. The second-order valence-corrected chi connectivity index (χ2v) is 7.83. The number of hydrogen-bond donors (Lipinski definition) is 0. The molecular weight excluding hydrogens is 366 g/mol. The first-order valence-corrected chi connectivity index (χ1v) is 10.3. The average molecular weight is 391 g/mol. The normalized spacial score (nSPS) is 17.8. The Hall–Kier alpha value is -2.93. The number of aryl methyl sites for hydroxylation is 1. The Bertz CT molecular complexity index is 1040. The number of para-hydroxylation sites is 1. The summed E-state index contributed by atoms with van der Waals surface area (Å²) in [5.74, 6) is 1.01. The minimum absolute atomic E-state index is 0.0719. The van der Waals surface area contributed by atoms with Crippen LogP contribution in [0.15, 0.2) is 40.9 Å². The van der Waals surface area contributed by atoms with Crippen molar-refractivity contribution in [2.75, 3.05) is 50.7 Å². The number of benzene rings is 1. The number of amides is 1. The predicted octanol–water partition coefficient (Wildman–Crippen LogP) is 2.35. The van der Waals surface area contributed by atoms with E-state index in [0.29, 0.717) is 5.69 Å². The highest BCUT2D eigenvalue weighted by Crippen LogP contribution is 2.26. The molecule has 0 atom stereocenters. The van der Waals surface area contributed by atoms with Crippen molar-refractivity contribution in [3.63, 3.8) is 0 Å². The van der Waals surface area contributed by atoms with E-state index in [0.717, 1.165) is 80.3 Å². The molecule has 4 heterocycles. The van der Waals surface area contributed by atoms with E-state index in [1.807, 2.05) is 42.2 Å². The first kappa shape index (κ1) is 18.1. The molecule has 2 aromatic heterocycles. The number of hydrogen-bond acceptors (Lipinski definition) is 6. The van der Waals surface area contributed by atoms with Gasteiger partial charge in [0.1, 0.15) is 5.69 Å². The van der Waals surface area contributed by atoms with Crippen molar-refractivity contribution in [3.05, 3.63) is 53.3 Å². The van der Waals surface area contributed by atoms with Gasteiger partial charge in [-0.1, -0.05) is 23.4 Å². The Morgan fingerprint density at radius 1 is 1.00 bits per heavy atom. The number of aromatic nitrogens is 2. The van der Waals surface area contributed by atoms with Crippen LogP contribution in [0.4, 0.5) is 5.82 Å². The van der Waals surface area contributed by atoms with Crippen molar-refractivity contribution >= 4 is 22.7 Å². The van der Waals surface area contributed by atoms with Gasteiger partial charge < -0.3 is 14.3 Å². The molecule has 1 amide bonds. The van der Waals surface area contributed by atoms with Crippen LogP contribution in [0.5, 0.6) is 0 Å². The van der Waals surface area contributed by atoms with Gasteiger partial charge in [-0.3, -0.25) is 9.69 Å². The van der Waals surface area contributed by atoms with Gasteiger partial charge in [0.15, 0.2) is 11.4 Å². The maximum atomic E-state index is 12.8. The molecule has 5 rings (SSSR count). The average Bonchev–Trinajstić information content (AvgIpc) is 3.18. The molecule has 0 unspecified atom stereocenters. The fourth-order valence-electron chi connectivity index (χ4n) is 4.24. The lowest BCUT2D eigenvalue weighted by Crippen LogP contribution is -2.50. The summed E-state index contributed by atoms with van der Waals surface area (Å²) in [6.45, 7) is 8.09. The summed E-state index contributed by atoms with van der Waals surface area (Å²) < 4.78 is 5.45. The van der Waals surface area contributed by atoms with Crippen LogP contribution in [0.1, 0.15) is 21.7 Å². The number of nitrogens with zero attached hydrogens (tertiary/aromatic N) is 5. The van der Waals surface area contributed by atoms with Crippen LogP contribution in [0.2, 0.25) is 0 Å². The molecule has 1 fully saturated rings. The molecule has 7 nitrogen and oxygen atoms in total. The molecule has 3 aromatic rings. The van der Waals surface area contributed by atoms with Gasteiger partial charge in [-0.2, -0.15) is 0 Å². The van der Waals surface area contributed by atoms with Crippen molar-refractivity contribution in [3.8, 4) is 0 Å². The van der Waals surface area contributed by atoms with Crippen LogP contribution in [-0.2, 0) is 6.42 Å². The number of fused-ring (bicyclic) bond motifs is 2. The van der Waals surface area contributed by atoms with Crippen LogP contribution >= 0.6 is 0 Å². The number of carbonyl (C=O) groups excluding carboxylic acids is 1. The Morgan fingerprint density at radius 2 is 1.83 bits per heavy atom. The van der Waals surface area contributed by atoms with Crippen LogP contribution in [0.3, 0.4) is 0 Å². The number of pyridine rings is 1. The fraction of sp³-hybridized carbons (Fsp3) is 0.409. The van der Waals surface area contributed by atoms with Crippen molar-refractivity contribution in [2.24, 2.45) is 0 Å². The first-order valence-electron chi connectivity index (χ1n) is 10.3. The van der Waals surface area contributed by atoms with Gasteiger partial charge in [0.05, 0.1) is 5.39 Å². The fourth-order valence-corrected chi connectivity index (χ4v) is 4.24. The second-order valence-electron chi connectivity index (χ2n) is 7.83. The highest BCUT2D eigenvalue weighted by molar-refractivity contribution is 5.94. The summed E-state index contributed by atoms with van der Waals surface area (Å²) in [6.07, 6.45) is 0.890. The minimum Gasteiger partial charge on any atom is -0.354 e. The van der Waals surface area contributed by atoms with Crippen LogP contribution in [0.25, 0.3) is 11.0 Å². The zero-order chi connectivity index (χ0) is 19.8. The van der Waals surface area contributed by atoms with E-state index in [9.17, 15) is 4.79 Å². The number of piperazine rings is 1. The van der Waals surface area contributed by atoms with Crippen molar-refractivity contribution in [2.45, 2.75) is 13.3 Å². The van der Waals surface area contributed by atoms with Gasteiger partial charge in [0.2, 0.25) is 0 Å². The monoisotopic (exact) mass is 391 g/mol. The molecular formula is C22H25N5O2. The Balaban J connectivity index is 1.17. The maximum Gasteiger partial charge on any atom is 0.272 e. The molecule has 0 aliphatic carbocycles. The predicted molar refractivity (Wildman–Crippen MR) is 111 cm³/mol. The van der Waals surface area contributed by atoms with Crippen molar-refractivity contribution in [1.82, 2.24) is 19.9 Å². The number of carbonyl (C=O) groups is 1. The van der Waals surface area contributed by atoms with E-state index in [1.165, 1.54) is 0 Å². The molecule has 0 radical (unpaired) electrons. The van der Waals surface area contributed by atoms with Crippen LogP contribution in [0, 0.1) is 6.92 Å². The van der Waals surface area contributed by atoms with Gasteiger partial charge in [0, 0.05) is 51.5 Å². The largest absolute Gasteiger partial charge is 0.354 e. The van der Waals surface area contributed by atoms with E-state index < -0.39 is 0 Å². The highest BCUT2D eigenvalue weighted by Gasteiger charge is 2.27. The molecule has 7 heteroatoms. The van der Waals surface area contributed by atoms with Gasteiger partial charge in [-0.15, -0.1) is 0 Å². The third kappa shape index (κ3) is 3.46. The summed E-state index contributed by atoms with van der Waals surface area (Å²) in [6, 6.07) is 12.0. The molecule has 150 valence electrons. The van der Waals surface area contributed by atoms with Crippen molar-refractivity contribution < 1.29 is 9.32 Å². The third-order valence-electron chi connectivity index (χ3n) is 5.98. The van der Waals surface area contributed by atoms with E-state index in [2.05, 4.69) is 26.0 Å². The lowest BCUT2D eigenvalue weighted by Gasteiger charge is -2.36. The van der Waals surface area contributed by atoms with E-state index >= 15 is 0 Å². The highest BCUT2D eigenvalue weighted by atomic mass is 16.5. The van der Waals surface area contributed by atoms with E-state index in [-0.39, 0.29) is 5.91 Å². The molecule has 29 heavy (non-hydrogen) atoms. The summed E-state index contributed by atoms with van der Waals surface area (Å²) in [4.78, 5) is 23.9. The zero-order valence-corrected chi connectivity index (χ0v) is 16.7. The summed E-state index contributed by atoms with van der Waals surface area (Å²) >= 11 is 0. The summed E-state index contributed by atoms with van der Waals surface area (Å²) in [5.41, 5.74) is 3.44. The van der Waals surface area contributed by atoms with Gasteiger partial charge in [-0.25, -0.2) is 4.98 Å². The van der Waals surface area contributed by atoms with E-state index in [1.54, 1.807) is 0 Å². The van der Waals surface area contributed by atoms with Gasteiger partial charge in [0.25, 0.3) is 5.91 Å². The SMILES string of the molecule is Cc1ccc2c(n1)C(=O)N(CCN1CCN(c3noc4ccccc34)CC1)CC2. The second kappa shape index (κ2) is 7.48. The quantitative estimate of drug-likeness (QED) is 0.680. The minimum atomic E-state index is 0.0719. The molecule has 0 saturated carbocycles. The molecule has 1 saturated heterocycles. The van der Waals surface area contributed by atoms with Gasteiger partial charge in [-0.05, 0) is 37.1 Å². The smallest absolute Gasteiger partial charge is 0.272 e. The van der Waals surface area contributed by atoms with Gasteiger partial charge >= 0.3 is 0 Å². The van der Waals surface area contributed by atoms with Crippen LogP contribution in [-0.4, -0.2) is 71.7 Å². The lowest BCUT2D eigenvalue weighted by atomic mass is 10.0. The number of anilines is 1. The molecule has 0 bridgehead atoms. The topological polar surface area (TPSA) is 65.7 Å². The Kier molecular flexibility index (Phi) is 4.67. The molecule has 1 aromatic carbocycles. The Morgan fingerprint density at radius 3 is 2.69 bits per heavy atom. The first-order chi connectivity index (χ1) is 14.2. The standard InChI is InChI=1S/C22H25N5O2/c1-16-6-7-17-8-9-27(22(28)20(17)23-16)15-12-25-10-13-26(14-11-25)21-18-4-2-3-5-19(18)29-24-21/h2-7H,8-15H2,1H3. The zero-order valence-electron chi connectivity index (χ0n) is 16.7. The molecule has 2 aliphatic heterocycles. The Labute approximate surface area is 169 Å². The van der Waals surface area contributed by atoms with Crippen molar-refractivity contribution in [1.29, 1.82) is 0 Å². The van der Waals surface area contributed by atoms with Crippen LogP contribution < -0.4 is 4.90 Å². The maximum absolute atomic E-state index is 12.8. The molecule has 2 aliphatic rings. The van der Waals surface area contributed by atoms with E-state index in [4.69, 9.17) is 4.52 Å². The summed E-state index contributed by atoms with van der Waals surface area (Å²) in [7, 11) is 0. The summed E-state index contributed by atoms with van der Waals surface area (Å²) in [5, 5.41) is 5.35.